The summed E-state index contributed by atoms with van der Waals surface area (Å²) in [4.78, 5) is 0. The van der Waals surface area contributed by atoms with Gasteiger partial charge < -0.3 is 17.5 Å². The molecule has 0 aliphatic heterocycles. The SMILES string of the molecule is Cc1cc(OS(=O)(=O)[O-])c2ccccc2c1OS(=O)(=O)[O-].[K+].[K+]. The van der Waals surface area contributed by atoms with Gasteiger partial charge in [-0.2, -0.15) is 0 Å². The Morgan fingerprint density at radius 1 is 0.870 bits per heavy atom. The van der Waals surface area contributed by atoms with Crippen LogP contribution in [0.4, 0.5) is 0 Å². The van der Waals surface area contributed by atoms with Crippen LogP contribution in [0.5, 0.6) is 11.5 Å². The van der Waals surface area contributed by atoms with Gasteiger partial charge in [0.05, 0.1) is 0 Å². The Balaban J connectivity index is 0.00000242. The number of hydrogen-bond donors (Lipinski definition) is 0. The number of fused-ring (bicyclic) bond motifs is 1. The Bertz CT molecular complexity index is 909. The van der Waals surface area contributed by atoms with E-state index in [-0.39, 0.29) is 131 Å². The van der Waals surface area contributed by atoms with Crippen molar-refractivity contribution in [2.75, 3.05) is 0 Å². The van der Waals surface area contributed by atoms with Gasteiger partial charge in [-0.3, -0.25) is 0 Å². The minimum Gasteiger partial charge on any atom is -0.716 e. The molecule has 0 fully saturated rings. The summed E-state index contributed by atoms with van der Waals surface area (Å²) in [6.45, 7) is 1.37. The number of benzene rings is 2. The summed E-state index contributed by atoms with van der Waals surface area (Å²) in [6, 6.07) is 6.91. The second kappa shape index (κ2) is 9.36. The summed E-state index contributed by atoms with van der Waals surface area (Å²) in [5.41, 5.74) is 0.117. The van der Waals surface area contributed by atoms with Crippen molar-refractivity contribution in [3.05, 3.63) is 35.9 Å². The molecule has 114 valence electrons. The van der Waals surface area contributed by atoms with Crippen LogP contribution >= 0.6 is 0 Å². The van der Waals surface area contributed by atoms with Gasteiger partial charge in [0.25, 0.3) is 20.8 Å². The molecule has 0 saturated carbocycles. The Morgan fingerprint density at radius 3 is 1.83 bits per heavy atom. The molecule has 0 N–H and O–H groups in total. The van der Waals surface area contributed by atoms with Crippen LogP contribution in [0.2, 0.25) is 0 Å². The van der Waals surface area contributed by atoms with Gasteiger partial charge in [-0.05, 0) is 18.6 Å². The van der Waals surface area contributed by atoms with E-state index in [0.717, 1.165) is 6.07 Å². The minimum absolute atomic E-state index is 0. The second-order valence-corrected chi connectivity index (χ2v) is 6.02. The fraction of sp³-hybridized carbons (Fsp3) is 0.0909. The van der Waals surface area contributed by atoms with Gasteiger partial charge in [0.2, 0.25) is 0 Å². The number of aryl methyl sites for hydroxylation is 1. The van der Waals surface area contributed by atoms with Crippen LogP contribution in [-0.4, -0.2) is 25.9 Å². The van der Waals surface area contributed by atoms with Gasteiger partial charge in [0, 0.05) is 10.8 Å². The van der Waals surface area contributed by atoms with Crippen molar-refractivity contribution in [2.45, 2.75) is 6.92 Å². The molecular formula is C11H8K2O8S2. The first-order valence-electron chi connectivity index (χ1n) is 5.40. The van der Waals surface area contributed by atoms with E-state index in [4.69, 9.17) is 0 Å². The average Bonchev–Trinajstić information content (AvgIpc) is 2.31. The van der Waals surface area contributed by atoms with E-state index in [9.17, 15) is 25.9 Å². The van der Waals surface area contributed by atoms with E-state index < -0.39 is 20.8 Å². The van der Waals surface area contributed by atoms with Crippen molar-refractivity contribution in [3.8, 4) is 11.5 Å². The van der Waals surface area contributed by atoms with E-state index >= 15 is 0 Å². The largest absolute Gasteiger partial charge is 1.00 e. The molecule has 0 unspecified atom stereocenters. The molecule has 2 rings (SSSR count). The molecule has 0 amide bonds. The summed E-state index contributed by atoms with van der Waals surface area (Å²) in [5.74, 6) is -0.537. The molecule has 0 aromatic heterocycles. The van der Waals surface area contributed by atoms with Crippen molar-refractivity contribution in [1.29, 1.82) is 0 Å². The van der Waals surface area contributed by atoms with Crippen LogP contribution in [0.1, 0.15) is 5.56 Å². The molecule has 0 radical (unpaired) electrons. The van der Waals surface area contributed by atoms with E-state index in [1.165, 1.54) is 31.2 Å². The van der Waals surface area contributed by atoms with Crippen molar-refractivity contribution < 1.29 is 137 Å². The average molecular weight is 411 g/mol. The first kappa shape index (κ1) is 24.4. The maximum atomic E-state index is 10.8. The zero-order chi connectivity index (χ0) is 15.8. The second-order valence-electron chi connectivity index (χ2n) is 4.05. The van der Waals surface area contributed by atoms with E-state index in [1.54, 1.807) is 0 Å². The smallest absolute Gasteiger partial charge is 0.716 e. The predicted octanol–water partition coefficient (Wildman–Crippen LogP) is -5.17. The van der Waals surface area contributed by atoms with Crippen LogP contribution in [0.25, 0.3) is 10.8 Å². The predicted molar refractivity (Wildman–Crippen MR) is 69.3 cm³/mol. The molecule has 2 aromatic carbocycles. The molecule has 0 bridgehead atoms. The Morgan fingerprint density at radius 2 is 1.35 bits per heavy atom. The molecule has 23 heavy (non-hydrogen) atoms. The molecular weight excluding hydrogens is 402 g/mol. The third-order valence-electron chi connectivity index (χ3n) is 2.52. The molecule has 8 nitrogen and oxygen atoms in total. The summed E-state index contributed by atoms with van der Waals surface area (Å²) in [6.07, 6.45) is 0. The first-order chi connectivity index (χ1) is 9.57. The fourth-order valence-corrected chi connectivity index (χ4v) is 2.62. The number of rotatable bonds is 4. The third-order valence-corrected chi connectivity index (χ3v) is 3.27. The van der Waals surface area contributed by atoms with Gasteiger partial charge in [-0.25, -0.2) is 16.8 Å². The maximum absolute atomic E-state index is 10.8. The van der Waals surface area contributed by atoms with Gasteiger partial charge in [0.15, 0.2) is 5.75 Å². The van der Waals surface area contributed by atoms with Crippen molar-refractivity contribution in [3.63, 3.8) is 0 Å². The maximum Gasteiger partial charge on any atom is 1.00 e. The van der Waals surface area contributed by atoms with Gasteiger partial charge >= 0.3 is 103 Å². The molecule has 0 aliphatic carbocycles. The summed E-state index contributed by atoms with van der Waals surface area (Å²) >= 11 is 0. The van der Waals surface area contributed by atoms with Gasteiger partial charge in [-0.15, -0.1) is 0 Å². The Hall–Kier alpha value is 1.39. The van der Waals surface area contributed by atoms with Gasteiger partial charge in [-0.1, -0.05) is 24.3 Å². The standard InChI is InChI=1S/C11H10O8S2.2K/c1-7-6-10(18-20(12,13)14)8-4-2-3-5-9(8)11(7)19-21(15,16)17;;/h2-6H,1H3,(H,12,13,14)(H,15,16,17);;/q;2*+1/p-2. The molecule has 2 aromatic rings. The minimum atomic E-state index is -5.01. The molecule has 0 atom stereocenters. The van der Waals surface area contributed by atoms with Crippen LogP contribution in [0, 0.1) is 6.92 Å². The Kier molecular flexibility index (Phi) is 9.93. The molecule has 12 heteroatoms. The summed E-state index contributed by atoms with van der Waals surface area (Å²) in [7, 11) is -10.0. The normalized spacial score (nSPS) is 11.3. The van der Waals surface area contributed by atoms with Crippen LogP contribution in [0.15, 0.2) is 30.3 Å². The summed E-state index contributed by atoms with van der Waals surface area (Å²) in [5, 5.41) is 0.233. The monoisotopic (exact) mass is 410 g/mol. The number of hydrogen-bond acceptors (Lipinski definition) is 8. The first-order valence-corrected chi connectivity index (χ1v) is 8.06. The van der Waals surface area contributed by atoms with Crippen molar-refractivity contribution in [2.24, 2.45) is 0 Å². The van der Waals surface area contributed by atoms with E-state index in [1.807, 2.05) is 0 Å². The molecule has 0 saturated heterocycles. The van der Waals surface area contributed by atoms with Crippen LogP contribution in [-0.2, 0) is 20.8 Å². The zero-order valence-electron chi connectivity index (χ0n) is 12.5. The van der Waals surface area contributed by atoms with E-state index in [2.05, 4.69) is 8.37 Å². The fourth-order valence-electron chi connectivity index (χ4n) is 1.84. The van der Waals surface area contributed by atoms with Crippen molar-refractivity contribution in [1.82, 2.24) is 0 Å². The van der Waals surface area contributed by atoms with Crippen LogP contribution in [0.3, 0.4) is 0 Å². The van der Waals surface area contributed by atoms with Crippen LogP contribution < -0.4 is 111 Å². The summed E-state index contributed by atoms with van der Waals surface area (Å²) < 4.78 is 73.1. The Labute approximate surface area is 218 Å². The molecule has 0 aliphatic rings. The van der Waals surface area contributed by atoms with E-state index in [0.29, 0.717) is 0 Å². The molecule has 0 heterocycles. The van der Waals surface area contributed by atoms with Crippen molar-refractivity contribution >= 4 is 31.6 Å². The van der Waals surface area contributed by atoms with Gasteiger partial charge in [0.1, 0.15) is 5.75 Å². The quantitative estimate of drug-likeness (QED) is 0.278. The topological polar surface area (TPSA) is 133 Å². The molecule has 0 spiro atoms. The zero-order valence-corrected chi connectivity index (χ0v) is 20.3. The third kappa shape index (κ3) is 7.26.